The minimum Gasteiger partial charge on any atom is -0.468 e. The molecule has 0 aliphatic heterocycles. The van der Waals surface area contributed by atoms with Gasteiger partial charge in [0.15, 0.2) is 0 Å². The minimum atomic E-state index is -0.259. The molecule has 0 heterocycles. The monoisotopic (exact) mass is 269 g/mol. The molecule has 0 bridgehead atoms. The maximum atomic E-state index is 11.6. The number of carbonyl (C=O) groups is 1. The maximum absolute atomic E-state index is 11.6. The smallest absolute Gasteiger partial charge is 0.322 e. The Morgan fingerprint density at radius 1 is 1.33 bits per heavy atom. The number of halogens is 1. The zero-order chi connectivity index (χ0) is 13.5. The van der Waals surface area contributed by atoms with Crippen molar-refractivity contribution in [3.05, 3.63) is 34.9 Å². The van der Waals surface area contributed by atoms with E-state index >= 15 is 0 Å². The van der Waals surface area contributed by atoms with Crippen molar-refractivity contribution in [1.82, 2.24) is 5.32 Å². The number of esters is 1. The van der Waals surface area contributed by atoms with Crippen molar-refractivity contribution < 1.29 is 9.53 Å². The molecule has 0 saturated heterocycles. The number of hydrogen-bond donors (Lipinski definition) is 1. The van der Waals surface area contributed by atoms with Crippen LogP contribution in [0.4, 0.5) is 0 Å². The summed E-state index contributed by atoms with van der Waals surface area (Å²) in [6, 6.07) is 7.31. The Hall–Kier alpha value is -1.06. The van der Waals surface area contributed by atoms with Crippen LogP contribution in [0.3, 0.4) is 0 Å². The SMILES string of the molecule is COC(=O)C(CC(C)C)NCc1ccc(Cl)cc1. The molecule has 1 N–H and O–H groups in total. The topological polar surface area (TPSA) is 38.3 Å². The van der Waals surface area contributed by atoms with Gasteiger partial charge in [0.2, 0.25) is 0 Å². The zero-order valence-electron chi connectivity index (χ0n) is 11.1. The van der Waals surface area contributed by atoms with Crippen LogP contribution >= 0.6 is 11.6 Å². The Morgan fingerprint density at radius 3 is 2.44 bits per heavy atom. The van der Waals surface area contributed by atoms with Gasteiger partial charge in [-0.3, -0.25) is 4.79 Å². The first-order valence-electron chi connectivity index (χ1n) is 6.08. The van der Waals surface area contributed by atoms with Crippen LogP contribution in [0.15, 0.2) is 24.3 Å². The van der Waals surface area contributed by atoms with E-state index in [1.807, 2.05) is 24.3 Å². The van der Waals surface area contributed by atoms with E-state index in [0.717, 1.165) is 12.0 Å². The third-order valence-corrected chi connectivity index (χ3v) is 2.91. The molecule has 0 amide bonds. The molecule has 0 radical (unpaired) electrons. The van der Waals surface area contributed by atoms with Crippen molar-refractivity contribution in [2.24, 2.45) is 5.92 Å². The van der Waals surface area contributed by atoms with E-state index in [9.17, 15) is 4.79 Å². The van der Waals surface area contributed by atoms with E-state index in [1.54, 1.807) is 0 Å². The molecule has 0 aromatic heterocycles. The van der Waals surface area contributed by atoms with Gasteiger partial charge < -0.3 is 10.1 Å². The highest BCUT2D eigenvalue weighted by Gasteiger charge is 2.19. The second-order valence-electron chi connectivity index (χ2n) is 4.71. The fourth-order valence-corrected chi connectivity index (χ4v) is 1.85. The van der Waals surface area contributed by atoms with Crippen molar-refractivity contribution >= 4 is 17.6 Å². The molecule has 18 heavy (non-hydrogen) atoms. The predicted octanol–water partition coefficient (Wildman–Crippen LogP) is 3.02. The summed E-state index contributed by atoms with van der Waals surface area (Å²) < 4.78 is 4.80. The molecular formula is C14H20ClNO2. The van der Waals surface area contributed by atoms with Crippen LogP contribution in [0.5, 0.6) is 0 Å². The molecule has 0 spiro atoms. The summed E-state index contributed by atoms with van der Waals surface area (Å²) in [6.07, 6.45) is 0.764. The normalized spacial score (nSPS) is 12.5. The third kappa shape index (κ3) is 5.07. The first-order chi connectivity index (χ1) is 8.52. The van der Waals surface area contributed by atoms with Gasteiger partial charge in [-0.25, -0.2) is 0 Å². The van der Waals surface area contributed by atoms with Gasteiger partial charge in [0.05, 0.1) is 7.11 Å². The molecule has 1 aromatic rings. The largest absolute Gasteiger partial charge is 0.468 e. The van der Waals surface area contributed by atoms with Crippen LogP contribution in [0, 0.1) is 5.92 Å². The van der Waals surface area contributed by atoms with Gasteiger partial charge >= 0.3 is 5.97 Å². The summed E-state index contributed by atoms with van der Waals surface area (Å²) in [4.78, 5) is 11.6. The summed E-state index contributed by atoms with van der Waals surface area (Å²) >= 11 is 5.82. The lowest BCUT2D eigenvalue weighted by molar-refractivity contribution is -0.143. The molecule has 100 valence electrons. The Morgan fingerprint density at radius 2 is 1.94 bits per heavy atom. The fraction of sp³-hybridized carbons (Fsp3) is 0.500. The van der Waals surface area contributed by atoms with E-state index in [4.69, 9.17) is 16.3 Å². The van der Waals surface area contributed by atoms with Crippen LogP contribution in [-0.4, -0.2) is 19.1 Å². The number of methoxy groups -OCH3 is 1. The Labute approximate surface area is 113 Å². The van der Waals surface area contributed by atoms with Crippen LogP contribution in [-0.2, 0) is 16.1 Å². The lowest BCUT2D eigenvalue weighted by atomic mass is 10.0. The first kappa shape index (κ1) is 15.0. The van der Waals surface area contributed by atoms with E-state index in [2.05, 4.69) is 19.2 Å². The van der Waals surface area contributed by atoms with E-state index in [-0.39, 0.29) is 12.0 Å². The number of benzene rings is 1. The molecule has 1 aromatic carbocycles. The van der Waals surface area contributed by atoms with Crippen molar-refractivity contribution in [2.45, 2.75) is 32.9 Å². The quantitative estimate of drug-likeness (QED) is 0.807. The van der Waals surface area contributed by atoms with Crippen molar-refractivity contribution in [3.8, 4) is 0 Å². The Bertz CT molecular complexity index is 376. The van der Waals surface area contributed by atoms with Crippen LogP contribution in [0.2, 0.25) is 5.02 Å². The second kappa shape index (κ2) is 7.39. The number of rotatable bonds is 6. The minimum absolute atomic E-state index is 0.210. The lowest BCUT2D eigenvalue weighted by Crippen LogP contribution is -2.38. The number of hydrogen-bond acceptors (Lipinski definition) is 3. The third-order valence-electron chi connectivity index (χ3n) is 2.66. The second-order valence-corrected chi connectivity index (χ2v) is 5.15. The highest BCUT2D eigenvalue weighted by Crippen LogP contribution is 2.11. The Kier molecular flexibility index (Phi) is 6.16. The van der Waals surface area contributed by atoms with Gasteiger partial charge in [-0.05, 0) is 30.0 Å². The zero-order valence-corrected chi connectivity index (χ0v) is 11.8. The van der Waals surface area contributed by atoms with E-state index in [0.29, 0.717) is 17.5 Å². The average Bonchev–Trinajstić information content (AvgIpc) is 2.35. The van der Waals surface area contributed by atoms with Gasteiger partial charge in [0.1, 0.15) is 6.04 Å². The molecule has 0 aliphatic carbocycles. The number of nitrogens with one attached hydrogen (secondary N) is 1. The van der Waals surface area contributed by atoms with Crippen LogP contribution in [0.25, 0.3) is 0 Å². The maximum Gasteiger partial charge on any atom is 0.322 e. The Balaban J connectivity index is 2.55. The molecule has 0 fully saturated rings. The number of carbonyl (C=O) groups excluding carboxylic acids is 1. The van der Waals surface area contributed by atoms with Gasteiger partial charge in [0.25, 0.3) is 0 Å². The molecule has 1 atom stereocenters. The predicted molar refractivity (Wildman–Crippen MR) is 73.6 cm³/mol. The summed E-state index contributed by atoms with van der Waals surface area (Å²) in [5.41, 5.74) is 1.09. The van der Waals surface area contributed by atoms with Gasteiger partial charge in [0, 0.05) is 11.6 Å². The molecule has 0 aliphatic rings. The van der Waals surface area contributed by atoms with Crippen LogP contribution < -0.4 is 5.32 Å². The van der Waals surface area contributed by atoms with Crippen molar-refractivity contribution in [1.29, 1.82) is 0 Å². The summed E-state index contributed by atoms with van der Waals surface area (Å²) in [5.74, 6) is 0.226. The van der Waals surface area contributed by atoms with Crippen LogP contribution in [0.1, 0.15) is 25.8 Å². The van der Waals surface area contributed by atoms with Crippen molar-refractivity contribution in [2.75, 3.05) is 7.11 Å². The highest BCUT2D eigenvalue weighted by atomic mass is 35.5. The summed E-state index contributed by atoms with van der Waals surface area (Å²) in [7, 11) is 1.42. The molecule has 1 rings (SSSR count). The van der Waals surface area contributed by atoms with Gasteiger partial charge in [-0.2, -0.15) is 0 Å². The van der Waals surface area contributed by atoms with E-state index < -0.39 is 0 Å². The summed E-state index contributed by atoms with van der Waals surface area (Å²) in [6.45, 7) is 4.80. The highest BCUT2D eigenvalue weighted by molar-refractivity contribution is 6.30. The standard InChI is InChI=1S/C14H20ClNO2/c1-10(2)8-13(14(17)18-3)16-9-11-4-6-12(15)7-5-11/h4-7,10,13,16H,8-9H2,1-3H3. The average molecular weight is 270 g/mol. The first-order valence-corrected chi connectivity index (χ1v) is 6.46. The molecule has 4 heteroatoms. The van der Waals surface area contributed by atoms with E-state index in [1.165, 1.54) is 7.11 Å². The van der Waals surface area contributed by atoms with Crippen molar-refractivity contribution in [3.63, 3.8) is 0 Å². The molecule has 3 nitrogen and oxygen atoms in total. The molecule has 0 saturated carbocycles. The lowest BCUT2D eigenvalue weighted by Gasteiger charge is -2.18. The molecule has 1 unspecified atom stereocenters. The fourth-order valence-electron chi connectivity index (χ4n) is 1.72. The number of ether oxygens (including phenoxy) is 1. The van der Waals surface area contributed by atoms with Gasteiger partial charge in [-0.1, -0.05) is 37.6 Å². The summed E-state index contributed by atoms with van der Waals surface area (Å²) in [5, 5.41) is 3.93. The van der Waals surface area contributed by atoms with Gasteiger partial charge in [-0.15, -0.1) is 0 Å². The molecular weight excluding hydrogens is 250 g/mol.